The summed E-state index contributed by atoms with van der Waals surface area (Å²) in [6.45, 7) is 12.8. The van der Waals surface area contributed by atoms with Crippen LogP contribution in [0, 0.1) is 17.8 Å². The zero-order valence-electron chi connectivity index (χ0n) is 17.6. The molecule has 0 aliphatic heterocycles. The molecule has 0 spiro atoms. The number of aromatic nitrogens is 2. The fourth-order valence-electron chi connectivity index (χ4n) is 4.10. The van der Waals surface area contributed by atoms with Crippen LogP contribution in [0.1, 0.15) is 103 Å². The predicted octanol–water partition coefficient (Wildman–Crippen LogP) is 6.39. The van der Waals surface area contributed by atoms with E-state index in [9.17, 15) is 4.79 Å². The predicted molar refractivity (Wildman–Crippen MR) is 110 cm³/mol. The Bertz CT molecular complexity index is 627. The van der Waals surface area contributed by atoms with Crippen molar-refractivity contribution in [3.8, 4) is 0 Å². The molecule has 0 radical (unpaired) electrons. The molecular weight excluding hydrogens is 322 g/mol. The van der Waals surface area contributed by atoms with Crippen LogP contribution in [0.2, 0.25) is 0 Å². The first kappa shape index (κ1) is 20.9. The van der Waals surface area contributed by atoms with Crippen molar-refractivity contribution in [2.45, 2.75) is 92.5 Å². The molecule has 2 rings (SSSR count). The van der Waals surface area contributed by atoms with E-state index in [1.54, 1.807) is 13.1 Å². The molecule has 1 saturated carbocycles. The second-order valence-electron chi connectivity index (χ2n) is 8.19. The average molecular weight is 360 g/mol. The standard InChI is InChI=1S/C22H37N3O/c1-7-9-10-11-15(3)25-22(21(14-23-25)18(6)26)24-17(5)20(8-2)16(4)19-12-13-19/h14-16,19-20H,7-13H2,1-6H3/b24-17+/t15?,16?,20-/m1/s1. The minimum absolute atomic E-state index is 0.0480. The number of carbonyl (C=O) groups excluding carboxylic acids is 1. The zero-order valence-corrected chi connectivity index (χ0v) is 17.6. The number of rotatable bonds is 11. The van der Waals surface area contributed by atoms with Crippen LogP contribution < -0.4 is 0 Å². The quantitative estimate of drug-likeness (QED) is 0.261. The molecule has 0 amide bonds. The number of hydrogen-bond donors (Lipinski definition) is 0. The van der Waals surface area contributed by atoms with Crippen molar-refractivity contribution in [3.05, 3.63) is 11.8 Å². The highest BCUT2D eigenvalue weighted by Crippen LogP contribution is 2.42. The Morgan fingerprint density at radius 3 is 2.50 bits per heavy atom. The maximum Gasteiger partial charge on any atom is 0.165 e. The molecule has 3 atom stereocenters. The van der Waals surface area contributed by atoms with Gasteiger partial charge in [0.2, 0.25) is 0 Å². The van der Waals surface area contributed by atoms with Gasteiger partial charge < -0.3 is 0 Å². The van der Waals surface area contributed by atoms with Crippen molar-refractivity contribution in [3.63, 3.8) is 0 Å². The molecule has 0 aromatic carbocycles. The Morgan fingerprint density at radius 2 is 1.96 bits per heavy atom. The molecule has 0 N–H and O–H groups in total. The molecule has 1 aromatic rings. The highest BCUT2D eigenvalue weighted by molar-refractivity contribution is 5.99. The number of carbonyl (C=O) groups is 1. The Kier molecular flexibility index (Phi) is 7.60. The van der Waals surface area contributed by atoms with Gasteiger partial charge in [0.1, 0.15) is 0 Å². The van der Waals surface area contributed by atoms with Crippen LogP contribution in [0.5, 0.6) is 0 Å². The van der Waals surface area contributed by atoms with Gasteiger partial charge in [0.15, 0.2) is 11.6 Å². The minimum atomic E-state index is 0.0480. The fraction of sp³-hybridized carbons (Fsp3) is 0.773. The first-order valence-corrected chi connectivity index (χ1v) is 10.5. The molecule has 4 nitrogen and oxygen atoms in total. The van der Waals surface area contributed by atoms with Gasteiger partial charge in [-0.3, -0.25) is 4.79 Å². The van der Waals surface area contributed by atoms with Crippen molar-refractivity contribution >= 4 is 17.3 Å². The van der Waals surface area contributed by atoms with E-state index in [0.717, 1.165) is 30.3 Å². The monoisotopic (exact) mass is 359 g/mol. The summed E-state index contributed by atoms with van der Waals surface area (Å²) in [4.78, 5) is 17.1. The third-order valence-electron chi connectivity index (χ3n) is 6.05. The summed E-state index contributed by atoms with van der Waals surface area (Å²) in [5.41, 5.74) is 1.80. The van der Waals surface area contributed by atoms with Crippen LogP contribution in [0.4, 0.5) is 5.82 Å². The van der Waals surface area contributed by atoms with E-state index in [0.29, 0.717) is 17.4 Å². The first-order chi connectivity index (χ1) is 12.4. The largest absolute Gasteiger partial charge is 0.294 e. The highest BCUT2D eigenvalue weighted by Gasteiger charge is 2.34. The van der Waals surface area contributed by atoms with Crippen LogP contribution in [-0.4, -0.2) is 21.3 Å². The SMILES string of the molecule is CCCCCC(C)n1ncc(C(C)=O)c1/N=C(\C)[C@H](CC)C(C)C1CC1. The van der Waals surface area contributed by atoms with Gasteiger partial charge in [0.05, 0.1) is 17.8 Å². The number of unbranched alkanes of at least 4 members (excludes halogenated alkanes) is 2. The van der Waals surface area contributed by atoms with E-state index in [1.807, 2.05) is 4.68 Å². The average Bonchev–Trinajstić information content (AvgIpc) is 3.36. The molecule has 4 heteroatoms. The van der Waals surface area contributed by atoms with Crippen molar-refractivity contribution < 1.29 is 4.79 Å². The van der Waals surface area contributed by atoms with Gasteiger partial charge in [-0.25, -0.2) is 9.67 Å². The normalized spacial score (nSPS) is 18.6. The second kappa shape index (κ2) is 9.48. The molecule has 2 unspecified atom stereocenters. The van der Waals surface area contributed by atoms with Crippen LogP contribution in [0.15, 0.2) is 11.2 Å². The van der Waals surface area contributed by atoms with Gasteiger partial charge in [-0.05, 0) is 64.2 Å². The van der Waals surface area contributed by atoms with Gasteiger partial charge in [-0.1, -0.05) is 40.0 Å². The zero-order chi connectivity index (χ0) is 19.3. The van der Waals surface area contributed by atoms with E-state index in [-0.39, 0.29) is 11.8 Å². The van der Waals surface area contributed by atoms with Gasteiger partial charge in [0, 0.05) is 5.71 Å². The van der Waals surface area contributed by atoms with Gasteiger partial charge in [-0.15, -0.1) is 0 Å². The summed E-state index contributed by atoms with van der Waals surface area (Å²) < 4.78 is 1.98. The highest BCUT2D eigenvalue weighted by atomic mass is 16.1. The first-order valence-electron chi connectivity index (χ1n) is 10.5. The Balaban J connectivity index is 2.29. The maximum absolute atomic E-state index is 12.1. The van der Waals surface area contributed by atoms with E-state index < -0.39 is 0 Å². The third kappa shape index (κ3) is 5.05. The molecule has 1 aromatic heterocycles. The van der Waals surface area contributed by atoms with E-state index in [4.69, 9.17) is 4.99 Å². The Morgan fingerprint density at radius 1 is 1.27 bits per heavy atom. The summed E-state index contributed by atoms with van der Waals surface area (Å²) in [6.07, 6.45) is 10.2. The van der Waals surface area contributed by atoms with Crippen molar-refractivity contribution in [2.75, 3.05) is 0 Å². The molecule has 1 heterocycles. The lowest BCUT2D eigenvalue weighted by molar-refractivity contribution is 0.101. The summed E-state index contributed by atoms with van der Waals surface area (Å²) in [5.74, 6) is 2.83. The number of Topliss-reactive ketones (excluding diaryl/α,β-unsaturated/α-hetero) is 1. The van der Waals surface area contributed by atoms with E-state index in [1.165, 1.54) is 32.1 Å². The smallest absolute Gasteiger partial charge is 0.165 e. The summed E-state index contributed by atoms with van der Waals surface area (Å²) in [7, 11) is 0. The molecular formula is C22H37N3O. The molecule has 0 bridgehead atoms. The van der Waals surface area contributed by atoms with Gasteiger partial charge >= 0.3 is 0 Å². The summed E-state index contributed by atoms with van der Waals surface area (Å²) in [5, 5.41) is 4.54. The molecule has 1 aliphatic rings. The van der Waals surface area contributed by atoms with Crippen molar-refractivity contribution in [2.24, 2.45) is 22.7 Å². The summed E-state index contributed by atoms with van der Waals surface area (Å²) in [6, 6.07) is 0.266. The molecule has 1 fully saturated rings. The van der Waals surface area contributed by atoms with Crippen LogP contribution in [0.25, 0.3) is 0 Å². The molecule has 26 heavy (non-hydrogen) atoms. The van der Waals surface area contributed by atoms with Crippen LogP contribution in [0.3, 0.4) is 0 Å². The Labute approximate surface area is 159 Å². The lowest BCUT2D eigenvalue weighted by Crippen LogP contribution is -2.21. The van der Waals surface area contributed by atoms with Crippen LogP contribution in [-0.2, 0) is 0 Å². The number of aliphatic imine (C=N–C) groups is 1. The second-order valence-corrected chi connectivity index (χ2v) is 8.19. The topological polar surface area (TPSA) is 47.2 Å². The lowest BCUT2D eigenvalue weighted by Gasteiger charge is -2.23. The van der Waals surface area contributed by atoms with Crippen molar-refractivity contribution in [1.82, 2.24) is 9.78 Å². The maximum atomic E-state index is 12.1. The van der Waals surface area contributed by atoms with Gasteiger partial charge in [0.25, 0.3) is 0 Å². The summed E-state index contributed by atoms with van der Waals surface area (Å²) >= 11 is 0. The molecule has 146 valence electrons. The Hall–Kier alpha value is -1.45. The van der Waals surface area contributed by atoms with E-state index >= 15 is 0 Å². The minimum Gasteiger partial charge on any atom is -0.294 e. The van der Waals surface area contributed by atoms with Crippen LogP contribution >= 0.6 is 0 Å². The third-order valence-corrected chi connectivity index (χ3v) is 6.05. The van der Waals surface area contributed by atoms with Crippen molar-refractivity contribution in [1.29, 1.82) is 0 Å². The number of hydrogen-bond acceptors (Lipinski definition) is 3. The fourth-order valence-corrected chi connectivity index (χ4v) is 4.10. The number of ketones is 1. The van der Waals surface area contributed by atoms with Gasteiger partial charge in [-0.2, -0.15) is 5.10 Å². The number of nitrogens with zero attached hydrogens (tertiary/aromatic N) is 3. The van der Waals surface area contributed by atoms with E-state index in [2.05, 4.69) is 39.7 Å². The molecule has 0 saturated heterocycles. The lowest BCUT2D eigenvalue weighted by atomic mass is 9.84. The molecule has 1 aliphatic carbocycles.